The van der Waals surface area contributed by atoms with Gasteiger partial charge in [0, 0.05) is 38.4 Å². The molecular formula is C23H26N6O3. The molecular weight excluding hydrogens is 408 g/mol. The molecule has 32 heavy (non-hydrogen) atoms. The number of hydrogen-bond acceptors (Lipinski definition) is 8. The second-order valence-electron chi connectivity index (χ2n) is 7.44. The SMILES string of the molecule is COc1ccc(OCC(=O)N2CCN(c3cc(Nc4cc(C)ccn4)ncn3)CC2)cc1. The Labute approximate surface area is 187 Å². The first-order valence-corrected chi connectivity index (χ1v) is 10.4. The molecule has 0 aliphatic carbocycles. The predicted octanol–water partition coefficient (Wildman–Crippen LogP) is 2.66. The summed E-state index contributed by atoms with van der Waals surface area (Å²) in [7, 11) is 1.61. The molecule has 9 nitrogen and oxygen atoms in total. The number of piperazine rings is 1. The summed E-state index contributed by atoms with van der Waals surface area (Å²) in [5.41, 5.74) is 1.12. The number of nitrogens with one attached hydrogen (secondary N) is 1. The van der Waals surface area contributed by atoms with Crippen LogP contribution in [0.3, 0.4) is 0 Å². The predicted molar refractivity (Wildman–Crippen MR) is 122 cm³/mol. The Balaban J connectivity index is 1.28. The van der Waals surface area contributed by atoms with Crippen molar-refractivity contribution in [3.05, 3.63) is 60.6 Å². The summed E-state index contributed by atoms with van der Waals surface area (Å²) >= 11 is 0. The maximum atomic E-state index is 12.5. The van der Waals surface area contributed by atoms with Crippen molar-refractivity contribution in [3.8, 4) is 11.5 Å². The van der Waals surface area contributed by atoms with Gasteiger partial charge in [-0.2, -0.15) is 0 Å². The number of carbonyl (C=O) groups excluding carboxylic acids is 1. The van der Waals surface area contributed by atoms with E-state index in [4.69, 9.17) is 9.47 Å². The van der Waals surface area contributed by atoms with Crippen LogP contribution in [0.25, 0.3) is 0 Å². The summed E-state index contributed by atoms with van der Waals surface area (Å²) < 4.78 is 10.7. The van der Waals surface area contributed by atoms with Crippen LogP contribution >= 0.6 is 0 Å². The summed E-state index contributed by atoms with van der Waals surface area (Å²) in [5.74, 6) is 3.59. The van der Waals surface area contributed by atoms with E-state index in [0.29, 0.717) is 37.7 Å². The van der Waals surface area contributed by atoms with Crippen molar-refractivity contribution in [3.63, 3.8) is 0 Å². The lowest BCUT2D eigenvalue weighted by molar-refractivity contribution is -0.133. The molecule has 0 radical (unpaired) electrons. The quantitative estimate of drug-likeness (QED) is 0.607. The third-order valence-electron chi connectivity index (χ3n) is 5.20. The maximum Gasteiger partial charge on any atom is 0.260 e. The topological polar surface area (TPSA) is 92.7 Å². The lowest BCUT2D eigenvalue weighted by Crippen LogP contribution is -2.50. The highest BCUT2D eigenvalue weighted by molar-refractivity contribution is 5.78. The molecule has 0 bridgehead atoms. The zero-order chi connectivity index (χ0) is 22.3. The smallest absolute Gasteiger partial charge is 0.260 e. The minimum atomic E-state index is -0.0315. The molecule has 3 heterocycles. The van der Waals surface area contributed by atoms with Gasteiger partial charge in [-0.15, -0.1) is 0 Å². The summed E-state index contributed by atoms with van der Waals surface area (Å²) in [6.07, 6.45) is 3.29. The van der Waals surface area contributed by atoms with E-state index in [9.17, 15) is 4.79 Å². The van der Waals surface area contributed by atoms with Crippen LogP contribution in [-0.4, -0.2) is 65.7 Å². The molecule has 166 valence electrons. The second kappa shape index (κ2) is 9.95. The molecule has 1 aromatic carbocycles. The normalized spacial score (nSPS) is 13.6. The highest BCUT2D eigenvalue weighted by Crippen LogP contribution is 2.20. The van der Waals surface area contributed by atoms with E-state index in [1.165, 1.54) is 6.33 Å². The summed E-state index contributed by atoms with van der Waals surface area (Å²) in [4.78, 5) is 29.5. The third kappa shape index (κ3) is 5.42. The van der Waals surface area contributed by atoms with Gasteiger partial charge in [-0.25, -0.2) is 15.0 Å². The molecule has 1 aliphatic heterocycles. The van der Waals surface area contributed by atoms with E-state index < -0.39 is 0 Å². The number of carbonyl (C=O) groups is 1. The first-order chi connectivity index (χ1) is 15.6. The van der Waals surface area contributed by atoms with Crippen molar-refractivity contribution in [2.75, 3.05) is 50.1 Å². The first kappa shape index (κ1) is 21.4. The number of pyridine rings is 1. The summed E-state index contributed by atoms with van der Waals surface area (Å²) in [5, 5.41) is 3.21. The Hall–Kier alpha value is -3.88. The van der Waals surface area contributed by atoms with Gasteiger partial charge in [0.25, 0.3) is 5.91 Å². The monoisotopic (exact) mass is 434 g/mol. The van der Waals surface area contributed by atoms with Crippen LogP contribution in [0.5, 0.6) is 11.5 Å². The van der Waals surface area contributed by atoms with Gasteiger partial charge in [0.2, 0.25) is 0 Å². The highest BCUT2D eigenvalue weighted by atomic mass is 16.5. The van der Waals surface area contributed by atoms with Gasteiger partial charge in [0.1, 0.15) is 35.3 Å². The van der Waals surface area contributed by atoms with E-state index in [0.717, 1.165) is 22.9 Å². The Morgan fingerprint density at radius 2 is 1.69 bits per heavy atom. The number of methoxy groups -OCH3 is 1. The number of rotatable bonds is 7. The Morgan fingerprint density at radius 3 is 2.41 bits per heavy atom. The Kier molecular flexibility index (Phi) is 6.64. The maximum absolute atomic E-state index is 12.5. The van der Waals surface area contributed by atoms with Crippen LogP contribution in [0.2, 0.25) is 0 Å². The molecule has 1 saturated heterocycles. The lowest BCUT2D eigenvalue weighted by Gasteiger charge is -2.35. The van der Waals surface area contributed by atoms with E-state index in [2.05, 4.69) is 25.2 Å². The van der Waals surface area contributed by atoms with Crippen LogP contribution in [0, 0.1) is 6.92 Å². The van der Waals surface area contributed by atoms with Crippen molar-refractivity contribution in [2.24, 2.45) is 0 Å². The Bertz CT molecular complexity index is 1050. The van der Waals surface area contributed by atoms with Crippen molar-refractivity contribution in [2.45, 2.75) is 6.92 Å². The third-order valence-corrected chi connectivity index (χ3v) is 5.20. The zero-order valence-electron chi connectivity index (χ0n) is 18.2. The van der Waals surface area contributed by atoms with Gasteiger partial charge in [-0.05, 0) is 48.9 Å². The molecule has 0 saturated carbocycles. The first-order valence-electron chi connectivity index (χ1n) is 10.4. The average molecular weight is 435 g/mol. The van der Waals surface area contributed by atoms with E-state index >= 15 is 0 Å². The average Bonchev–Trinajstić information content (AvgIpc) is 2.83. The van der Waals surface area contributed by atoms with E-state index in [1.807, 2.05) is 30.0 Å². The molecule has 0 atom stereocenters. The molecule has 1 N–H and O–H groups in total. The standard InChI is InChI=1S/C23H26N6O3/c1-17-7-8-24-20(13-17)27-21-14-22(26-16-25-21)28-9-11-29(12-10-28)23(30)15-32-19-5-3-18(31-2)4-6-19/h3-8,13-14,16H,9-12,15H2,1-2H3,(H,24,25,26,27). The molecule has 0 spiro atoms. The number of benzene rings is 1. The van der Waals surface area contributed by atoms with Crippen LogP contribution < -0.4 is 19.7 Å². The Morgan fingerprint density at radius 1 is 0.969 bits per heavy atom. The number of anilines is 3. The molecule has 3 aromatic rings. The van der Waals surface area contributed by atoms with E-state index in [1.54, 1.807) is 37.6 Å². The van der Waals surface area contributed by atoms with Crippen LogP contribution in [-0.2, 0) is 4.79 Å². The fourth-order valence-corrected chi connectivity index (χ4v) is 3.42. The summed E-state index contributed by atoms with van der Waals surface area (Å²) in [6, 6.07) is 13.0. The number of aromatic nitrogens is 3. The number of hydrogen-bond donors (Lipinski definition) is 1. The van der Waals surface area contributed by atoms with Crippen LogP contribution in [0.4, 0.5) is 17.5 Å². The number of amides is 1. The summed E-state index contributed by atoms with van der Waals surface area (Å²) in [6.45, 7) is 4.62. The lowest BCUT2D eigenvalue weighted by atomic mass is 10.3. The molecule has 1 aliphatic rings. The highest BCUT2D eigenvalue weighted by Gasteiger charge is 2.22. The van der Waals surface area contributed by atoms with Crippen molar-refractivity contribution in [1.29, 1.82) is 0 Å². The number of aryl methyl sites for hydroxylation is 1. The van der Waals surface area contributed by atoms with Gasteiger partial charge in [-0.1, -0.05) is 0 Å². The van der Waals surface area contributed by atoms with Gasteiger partial charge in [-0.3, -0.25) is 4.79 Å². The fourth-order valence-electron chi connectivity index (χ4n) is 3.42. The molecule has 2 aromatic heterocycles. The minimum Gasteiger partial charge on any atom is -0.497 e. The minimum absolute atomic E-state index is 0.0113. The molecule has 4 rings (SSSR count). The van der Waals surface area contributed by atoms with Crippen LogP contribution in [0.1, 0.15) is 5.56 Å². The fraction of sp³-hybridized carbons (Fsp3) is 0.304. The zero-order valence-corrected chi connectivity index (χ0v) is 18.2. The molecule has 1 fully saturated rings. The number of ether oxygens (including phenoxy) is 2. The van der Waals surface area contributed by atoms with Gasteiger partial charge in [0.15, 0.2) is 6.61 Å². The van der Waals surface area contributed by atoms with E-state index in [-0.39, 0.29) is 12.5 Å². The number of nitrogens with zero attached hydrogens (tertiary/aromatic N) is 5. The van der Waals surface area contributed by atoms with Gasteiger partial charge < -0.3 is 24.6 Å². The van der Waals surface area contributed by atoms with Gasteiger partial charge in [0.05, 0.1) is 7.11 Å². The second-order valence-corrected chi connectivity index (χ2v) is 7.44. The van der Waals surface area contributed by atoms with Crippen molar-refractivity contribution in [1.82, 2.24) is 19.9 Å². The van der Waals surface area contributed by atoms with Crippen molar-refractivity contribution >= 4 is 23.4 Å². The van der Waals surface area contributed by atoms with Crippen molar-refractivity contribution < 1.29 is 14.3 Å². The van der Waals surface area contributed by atoms with Gasteiger partial charge >= 0.3 is 0 Å². The van der Waals surface area contributed by atoms with Crippen LogP contribution in [0.15, 0.2) is 55.0 Å². The molecule has 0 unspecified atom stereocenters. The molecule has 1 amide bonds. The largest absolute Gasteiger partial charge is 0.497 e. The molecule has 9 heteroatoms.